The Kier molecular flexibility index (Phi) is 6.61. The highest BCUT2D eigenvalue weighted by molar-refractivity contribution is 5.29. The van der Waals surface area contributed by atoms with Gasteiger partial charge in [0.25, 0.3) is 0 Å². The van der Waals surface area contributed by atoms with Gasteiger partial charge in [-0.25, -0.2) is 4.39 Å². The third-order valence-corrected chi connectivity index (χ3v) is 3.68. The molecule has 1 aromatic rings. The van der Waals surface area contributed by atoms with Gasteiger partial charge in [-0.3, -0.25) is 0 Å². The van der Waals surface area contributed by atoms with Crippen molar-refractivity contribution >= 4 is 0 Å². The van der Waals surface area contributed by atoms with Crippen molar-refractivity contribution in [1.29, 1.82) is 0 Å². The average molecular weight is 306 g/mol. The largest absolute Gasteiger partial charge is 0.419 e. The van der Waals surface area contributed by atoms with E-state index in [1.165, 1.54) is 6.07 Å². The smallest absolute Gasteiger partial charge is 0.313 e. The Balaban J connectivity index is 2.91. The number of halogens is 4. The molecule has 0 saturated carbocycles. The van der Waals surface area contributed by atoms with E-state index in [1.807, 2.05) is 13.8 Å². The maximum absolute atomic E-state index is 13.3. The Bertz CT molecular complexity index is 442. The minimum absolute atomic E-state index is 0.229. The van der Waals surface area contributed by atoms with Crippen molar-refractivity contribution in [3.05, 3.63) is 35.1 Å². The number of rotatable bonds is 7. The van der Waals surface area contributed by atoms with Crippen molar-refractivity contribution in [3.8, 4) is 0 Å². The zero-order valence-electron chi connectivity index (χ0n) is 12.6. The SMILES string of the molecule is CCN(CC)CCC(NC)c1ccc(F)c(C(F)(F)F)c1. The van der Waals surface area contributed by atoms with Crippen LogP contribution in [0, 0.1) is 5.82 Å². The minimum atomic E-state index is -4.67. The molecule has 2 nitrogen and oxygen atoms in total. The second kappa shape index (κ2) is 7.75. The fraction of sp³-hybridized carbons (Fsp3) is 0.600. The van der Waals surface area contributed by atoms with E-state index < -0.39 is 17.6 Å². The van der Waals surface area contributed by atoms with E-state index in [2.05, 4.69) is 10.2 Å². The molecule has 1 unspecified atom stereocenters. The summed E-state index contributed by atoms with van der Waals surface area (Å²) in [5, 5.41) is 3.00. The maximum atomic E-state index is 13.3. The molecule has 0 aliphatic carbocycles. The summed E-state index contributed by atoms with van der Waals surface area (Å²) in [6.45, 7) is 6.64. The molecular formula is C15H22F4N2. The van der Waals surface area contributed by atoms with Crippen LogP contribution in [0.4, 0.5) is 17.6 Å². The molecule has 6 heteroatoms. The van der Waals surface area contributed by atoms with Crippen molar-refractivity contribution in [2.75, 3.05) is 26.7 Å². The summed E-state index contributed by atoms with van der Waals surface area (Å²) in [4.78, 5) is 2.19. The topological polar surface area (TPSA) is 15.3 Å². The van der Waals surface area contributed by atoms with Crippen LogP contribution in [0.15, 0.2) is 18.2 Å². The summed E-state index contributed by atoms with van der Waals surface area (Å²) in [7, 11) is 1.70. The predicted molar refractivity (Wildman–Crippen MR) is 75.6 cm³/mol. The van der Waals surface area contributed by atoms with E-state index in [1.54, 1.807) is 7.05 Å². The zero-order valence-corrected chi connectivity index (χ0v) is 12.6. The van der Waals surface area contributed by atoms with Crippen LogP contribution in [-0.4, -0.2) is 31.6 Å². The Morgan fingerprint density at radius 1 is 1.19 bits per heavy atom. The van der Waals surface area contributed by atoms with Gasteiger partial charge in [-0.05, 0) is 50.8 Å². The van der Waals surface area contributed by atoms with Crippen LogP contribution < -0.4 is 5.32 Å². The number of benzene rings is 1. The lowest BCUT2D eigenvalue weighted by Gasteiger charge is -2.23. The van der Waals surface area contributed by atoms with Crippen LogP contribution >= 0.6 is 0 Å². The summed E-state index contributed by atoms with van der Waals surface area (Å²) in [6.07, 6.45) is -4.00. The Labute approximate surface area is 123 Å². The van der Waals surface area contributed by atoms with Crippen molar-refractivity contribution in [2.24, 2.45) is 0 Å². The number of nitrogens with one attached hydrogen (secondary N) is 1. The molecule has 0 amide bonds. The molecule has 1 atom stereocenters. The van der Waals surface area contributed by atoms with Crippen LogP contribution in [0.1, 0.15) is 37.4 Å². The Morgan fingerprint density at radius 2 is 1.81 bits per heavy atom. The molecule has 21 heavy (non-hydrogen) atoms. The highest BCUT2D eigenvalue weighted by Gasteiger charge is 2.34. The molecule has 1 aromatic carbocycles. The summed E-state index contributed by atoms with van der Waals surface area (Å²) < 4.78 is 51.6. The van der Waals surface area contributed by atoms with Crippen molar-refractivity contribution in [3.63, 3.8) is 0 Å². The fourth-order valence-electron chi connectivity index (χ4n) is 2.31. The highest BCUT2D eigenvalue weighted by atomic mass is 19.4. The second-order valence-corrected chi connectivity index (χ2v) is 4.89. The monoisotopic (exact) mass is 306 g/mol. The van der Waals surface area contributed by atoms with Gasteiger partial charge < -0.3 is 10.2 Å². The summed E-state index contributed by atoms with van der Waals surface area (Å²) in [5.41, 5.74) is -0.749. The quantitative estimate of drug-likeness (QED) is 0.770. The Hall–Kier alpha value is -1.14. The number of alkyl halides is 3. The van der Waals surface area contributed by atoms with Gasteiger partial charge in [-0.15, -0.1) is 0 Å². The normalized spacial score (nSPS) is 13.7. The van der Waals surface area contributed by atoms with Crippen LogP contribution in [0.2, 0.25) is 0 Å². The van der Waals surface area contributed by atoms with E-state index in [9.17, 15) is 17.6 Å². The van der Waals surface area contributed by atoms with Crippen LogP contribution in [0.3, 0.4) is 0 Å². The van der Waals surface area contributed by atoms with Gasteiger partial charge in [-0.2, -0.15) is 13.2 Å². The molecule has 0 saturated heterocycles. The first-order chi connectivity index (χ1) is 9.83. The van der Waals surface area contributed by atoms with Gasteiger partial charge >= 0.3 is 6.18 Å². The van der Waals surface area contributed by atoms with E-state index in [0.717, 1.165) is 31.8 Å². The molecule has 0 spiro atoms. The van der Waals surface area contributed by atoms with Crippen LogP contribution in [-0.2, 0) is 6.18 Å². The molecule has 0 fully saturated rings. The van der Waals surface area contributed by atoms with Crippen molar-refractivity contribution in [1.82, 2.24) is 10.2 Å². The lowest BCUT2D eigenvalue weighted by Crippen LogP contribution is -2.28. The van der Waals surface area contributed by atoms with Gasteiger partial charge in [0, 0.05) is 6.04 Å². The minimum Gasteiger partial charge on any atom is -0.313 e. The standard InChI is InChI=1S/C15H22F4N2/c1-4-21(5-2)9-8-14(20-3)11-6-7-13(16)12(10-11)15(17,18)19/h6-7,10,14,20H,4-5,8-9H2,1-3H3. The lowest BCUT2D eigenvalue weighted by atomic mass is 10.0. The number of hydrogen-bond donors (Lipinski definition) is 1. The highest BCUT2D eigenvalue weighted by Crippen LogP contribution is 2.33. The second-order valence-electron chi connectivity index (χ2n) is 4.89. The summed E-state index contributed by atoms with van der Waals surface area (Å²) in [5.74, 6) is -1.23. The third kappa shape index (κ3) is 4.97. The molecule has 0 aliphatic rings. The molecule has 0 aromatic heterocycles. The van der Waals surface area contributed by atoms with Crippen molar-refractivity contribution in [2.45, 2.75) is 32.5 Å². The molecule has 120 valence electrons. The van der Waals surface area contributed by atoms with Gasteiger partial charge in [-0.1, -0.05) is 19.9 Å². The van der Waals surface area contributed by atoms with Crippen LogP contribution in [0.5, 0.6) is 0 Å². The molecule has 0 heterocycles. The van der Waals surface area contributed by atoms with E-state index in [0.29, 0.717) is 12.0 Å². The van der Waals surface area contributed by atoms with E-state index in [-0.39, 0.29) is 6.04 Å². The zero-order chi connectivity index (χ0) is 16.0. The third-order valence-electron chi connectivity index (χ3n) is 3.68. The molecule has 1 rings (SSSR count). The molecule has 0 aliphatic heterocycles. The molecule has 0 radical (unpaired) electrons. The fourth-order valence-corrected chi connectivity index (χ4v) is 2.31. The maximum Gasteiger partial charge on any atom is 0.419 e. The van der Waals surface area contributed by atoms with Gasteiger partial charge in [0.2, 0.25) is 0 Å². The molecule has 0 bridgehead atoms. The Morgan fingerprint density at radius 3 is 2.29 bits per heavy atom. The lowest BCUT2D eigenvalue weighted by molar-refractivity contribution is -0.140. The van der Waals surface area contributed by atoms with E-state index in [4.69, 9.17) is 0 Å². The average Bonchev–Trinajstić information content (AvgIpc) is 2.43. The van der Waals surface area contributed by atoms with E-state index >= 15 is 0 Å². The first-order valence-electron chi connectivity index (χ1n) is 7.09. The predicted octanol–water partition coefficient (Wildman–Crippen LogP) is 3.84. The summed E-state index contributed by atoms with van der Waals surface area (Å²) >= 11 is 0. The molecule has 1 N–H and O–H groups in total. The first kappa shape index (κ1) is 17.9. The molecular weight excluding hydrogens is 284 g/mol. The summed E-state index contributed by atoms with van der Waals surface area (Å²) in [6, 6.07) is 2.97. The number of nitrogens with zero attached hydrogens (tertiary/aromatic N) is 1. The first-order valence-corrected chi connectivity index (χ1v) is 7.09. The number of hydrogen-bond acceptors (Lipinski definition) is 2. The van der Waals surface area contributed by atoms with Gasteiger partial charge in [0.05, 0.1) is 5.56 Å². The van der Waals surface area contributed by atoms with Crippen molar-refractivity contribution < 1.29 is 17.6 Å². The van der Waals surface area contributed by atoms with Gasteiger partial charge in [0.15, 0.2) is 0 Å². The van der Waals surface area contributed by atoms with Crippen LogP contribution in [0.25, 0.3) is 0 Å². The van der Waals surface area contributed by atoms with Gasteiger partial charge in [0.1, 0.15) is 5.82 Å².